The number of rotatable bonds is 8. The number of thioether (sulfide) groups is 1. The number of imide groups is 1. The van der Waals surface area contributed by atoms with E-state index in [2.05, 4.69) is 4.98 Å². The van der Waals surface area contributed by atoms with Crippen LogP contribution in [-0.4, -0.2) is 56.6 Å². The Hall–Kier alpha value is -2.81. The average molecular weight is 471 g/mol. The Bertz CT molecular complexity index is 1000. The van der Waals surface area contributed by atoms with Crippen molar-refractivity contribution in [3.8, 4) is 5.75 Å². The van der Waals surface area contributed by atoms with Crippen LogP contribution in [0.25, 0.3) is 0 Å². The van der Waals surface area contributed by atoms with E-state index in [9.17, 15) is 14.4 Å². The summed E-state index contributed by atoms with van der Waals surface area (Å²) in [6.07, 6.45) is 8.45. The predicted octanol–water partition coefficient (Wildman–Crippen LogP) is 3.40. The van der Waals surface area contributed by atoms with E-state index >= 15 is 0 Å². The molecule has 1 aliphatic heterocycles. The first-order chi connectivity index (χ1) is 16.0. The van der Waals surface area contributed by atoms with Crippen LogP contribution in [0.1, 0.15) is 45.4 Å². The highest BCUT2D eigenvalue weighted by Crippen LogP contribution is 2.32. The Kier molecular flexibility index (Phi) is 7.37. The second-order valence-electron chi connectivity index (χ2n) is 8.42. The molecule has 0 bridgehead atoms. The zero-order chi connectivity index (χ0) is 23.4. The fourth-order valence-electron chi connectivity index (χ4n) is 4.65. The van der Waals surface area contributed by atoms with Gasteiger partial charge in [-0.05, 0) is 44.0 Å². The van der Waals surface area contributed by atoms with Crippen LogP contribution in [0.15, 0.2) is 41.8 Å². The van der Waals surface area contributed by atoms with Crippen LogP contribution < -0.4 is 9.64 Å². The number of carbonyl (C=O) groups is 3. The number of hydrogen-bond acceptors (Lipinski definition) is 6. The smallest absolute Gasteiger partial charge is 0.257 e. The van der Waals surface area contributed by atoms with Gasteiger partial charge in [0.1, 0.15) is 11.8 Å². The topological polar surface area (TPSA) is 84.7 Å². The van der Waals surface area contributed by atoms with Gasteiger partial charge in [0.2, 0.25) is 11.8 Å². The molecule has 1 unspecified atom stereocenters. The van der Waals surface area contributed by atoms with Gasteiger partial charge in [0, 0.05) is 25.5 Å². The molecule has 1 saturated carbocycles. The summed E-state index contributed by atoms with van der Waals surface area (Å²) in [5.74, 6) is 0.143. The lowest BCUT2D eigenvalue weighted by molar-refractivity contribution is -0.139. The number of amides is 3. The third-order valence-corrected chi connectivity index (χ3v) is 7.27. The van der Waals surface area contributed by atoms with Gasteiger partial charge in [0.05, 0.1) is 24.5 Å². The number of aryl methyl sites for hydroxylation is 1. The molecule has 0 radical (unpaired) electrons. The summed E-state index contributed by atoms with van der Waals surface area (Å²) in [4.78, 5) is 47.0. The maximum Gasteiger partial charge on any atom is 0.257 e. The van der Waals surface area contributed by atoms with E-state index < -0.39 is 6.04 Å². The summed E-state index contributed by atoms with van der Waals surface area (Å²) >= 11 is 1.36. The monoisotopic (exact) mass is 470 g/mol. The lowest BCUT2D eigenvalue weighted by Crippen LogP contribution is -2.52. The van der Waals surface area contributed by atoms with Crippen molar-refractivity contribution < 1.29 is 19.1 Å². The van der Waals surface area contributed by atoms with E-state index in [1.165, 1.54) is 16.7 Å². The summed E-state index contributed by atoms with van der Waals surface area (Å²) in [7, 11) is 1.88. The van der Waals surface area contributed by atoms with Crippen LogP contribution in [0.4, 0.5) is 5.69 Å². The van der Waals surface area contributed by atoms with Crippen LogP contribution in [0.2, 0.25) is 0 Å². The Labute approximate surface area is 198 Å². The number of benzene rings is 1. The van der Waals surface area contributed by atoms with Crippen molar-refractivity contribution in [1.29, 1.82) is 0 Å². The molecule has 0 spiro atoms. The van der Waals surface area contributed by atoms with Crippen molar-refractivity contribution in [2.24, 2.45) is 7.05 Å². The Balaban J connectivity index is 1.54. The van der Waals surface area contributed by atoms with Crippen LogP contribution in [0.3, 0.4) is 0 Å². The quantitative estimate of drug-likeness (QED) is 0.434. The van der Waals surface area contributed by atoms with Crippen molar-refractivity contribution in [3.63, 3.8) is 0 Å². The largest absolute Gasteiger partial charge is 0.494 e. The predicted molar refractivity (Wildman–Crippen MR) is 126 cm³/mol. The van der Waals surface area contributed by atoms with Gasteiger partial charge in [-0.1, -0.05) is 31.0 Å². The minimum absolute atomic E-state index is 0.0152. The van der Waals surface area contributed by atoms with Gasteiger partial charge in [-0.15, -0.1) is 0 Å². The van der Waals surface area contributed by atoms with E-state index in [0.29, 0.717) is 18.0 Å². The second kappa shape index (κ2) is 10.4. The molecule has 4 rings (SSSR count). The molecule has 1 aliphatic carbocycles. The average Bonchev–Trinajstić information content (AvgIpc) is 3.36. The summed E-state index contributed by atoms with van der Waals surface area (Å²) in [6, 6.07) is 6.15. The van der Waals surface area contributed by atoms with Gasteiger partial charge in [-0.25, -0.2) is 9.88 Å². The van der Waals surface area contributed by atoms with Crippen molar-refractivity contribution in [3.05, 3.63) is 36.7 Å². The van der Waals surface area contributed by atoms with Crippen molar-refractivity contribution >= 4 is 35.2 Å². The first-order valence-electron chi connectivity index (χ1n) is 11.5. The maximum atomic E-state index is 13.5. The molecule has 33 heavy (non-hydrogen) atoms. The molecule has 1 aromatic carbocycles. The molecular formula is C24H30N4O4S. The fourth-order valence-corrected chi connectivity index (χ4v) is 5.45. The number of carbonyl (C=O) groups excluding carboxylic acids is 3. The molecule has 2 aliphatic rings. The third-order valence-electron chi connectivity index (χ3n) is 6.22. The minimum atomic E-state index is -0.762. The van der Waals surface area contributed by atoms with Gasteiger partial charge in [-0.3, -0.25) is 14.4 Å². The Morgan fingerprint density at radius 2 is 1.91 bits per heavy atom. The highest BCUT2D eigenvalue weighted by molar-refractivity contribution is 7.99. The number of hydrogen-bond donors (Lipinski definition) is 0. The molecule has 9 heteroatoms. The summed E-state index contributed by atoms with van der Waals surface area (Å²) < 4.78 is 7.32. The van der Waals surface area contributed by atoms with Crippen LogP contribution in [0.5, 0.6) is 5.75 Å². The van der Waals surface area contributed by atoms with Crippen LogP contribution in [-0.2, 0) is 21.4 Å². The molecule has 176 valence electrons. The van der Waals surface area contributed by atoms with Gasteiger partial charge >= 0.3 is 0 Å². The van der Waals surface area contributed by atoms with Crippen molar-refractivity contribution in [2.75, 3.05) is 17.3 Å². The third kappa shape index (κ3) is 5.08. The van der Waals surface area contributed by atoms with Gasteiger partial charge < -0.3 is 14.2 Å². The van der Waals surface area contributed by atoms with Crippen LogP contribution >= 0.6 is 11.8 Å². The molecule has 2 heterocycles. The number of imidazole rings is 1. The zero-order valence-corrected chi connectivity index (χ0v) is 19.9. The first kappa shape index (κ1) is 23.4. The van der Waals surface area contributed by atoms with Gasteiger partial charge in [-0.2, -0.15) is 0 Å². The fraction of sp³-hybridized carbons (Fsp3) is 0.500. The summed E-state index contributed by atoms with van der Waals surface area (Å²) in [5, 5.41) is 0.747. The van der Waals surface area contributed by atoms with Crippen LogP contribution in [0, 0.1) is 0 Å². The lowest BCUT2D eigenvalue weighted by Gasteiger charge is -2.37. The first-order valence-corrected chi connectivity index (χ1v) is 12.5. The Morgan fingerprint density at radius 3 is 2.55 bits per heavy atom. The Morgan fingerprint density at radius 1 is 1.18 bits per heavy atom. The van der Waals surface area contributed by atoms with E-state index in [-0.39, 0.29) is 35.9 Å². The molecule has 2 fully saturated rings. The normalized spacial score (nSPS) is 19.2. The van der Waals surface area contributed by atoms with E-state index in [4.69, 9.17) is 4.74 Å². The number of ether oxygens (including phenoxy) is 1. The lowest BCUT2D eigenvalue weighted by atomic mass is 9.92. The van der Waals surface area contributed by atoms with Crippen molar-refractivity contribution in [1.82, 2.24) is 14.5 Å². The van der Waals surface area contributed by atoms with E-state index in [1.54, 1.807) is 35.4 Å². The molecular weight excluding hydrogens is 440 g/mol. The van der Waals surface area contributed by atoms with Gasteiger partial charge in [0.25, 0.3) is 5.91 Å². The molecule has 0 N–H and O–H groups in total. The molecule has 1 atom stereocenters. The molecule has 3 amide bonds. The SMILES string of the molecule is CCOc1ccc(N2C(=O)CC(N(C(=O)CSc3nccn3C)C3CCCCC3)C2=O)cc1. The molecule has 1 saturated heterocycles. The summed E-state index contributed by atoms with van der Waals surface area (Å²) in [5.41, 5.74) is 0.509. The highest BCUT2D eigenvalue weighted by Gasteiger charge is 2.46. The van der Waals surface area contributed by atoms with E-state index in [1.807, 2.05) is 24.7 Å². The van der Waals surface area contributed by atoms with Crippen molar-refractivity contribution in [2.45, 2.75) is 62.7 Å². The minimum Gasteiger partial charge on any atom is -0.494 e. The number of nitrogens with zero attached hydrogens (tertiary/aromatic N) is 4. The van der Waals surface area contributed by atoms with E-state index in [0.717, 1.165) is 37.3 Å². The molecule has 8 nitrogen and oxygen atoms in total. The highest BCUT2D eigenvalue weighted by atomic mass is 32.2. The zero-order valence-electron chi connectivity index (χ0n) is 19.1. The summed E-state index contributed by atoms with van der Waals surface area (Å²) in [6.45, 7) is 2.44. The number of aromatic nitrogens is 2. The molecule has 2 aromatic rings. The second-order valence-corrected chi connectivity index (χ2v) is 9.36. The number of anilines is 1. The van der Waals surface area contributed by atoms with Gasteiger partial charge in [0.15, 0.2) is 5.16 Å². The maximum absolute atomic E-state index is 13.5. The molecule has 1 aromatic heterocycles. The standard InChI is InChI=1S/C24H30N4O4S/c1-3-32-19-11-9-18(10-12-19)28-21(29)15-20(23(28)31)27(17-7-5-4-6-8-17)22(30)16-33-24-25-13-14-26(24)2/h9-14,17,20H,3-8,15-16H2,1-2H3.